The molecule has 0 saturated carbocycles. The Morgan fingerprint density at radius 1 is 1.14 bits per heavy atom. The highest BCUT2D eigenvalue weighted by atomic mass is 19.1. The van der Waals surface area contributed by atoms with Crippen molar-refractivity contribution in [3.63, 3.8) is 0 Å². The number of ketones is 1. The van der Waals surface area contributed by atoms with E-state index in [0.29, 0.717) is 24.5 Å². The van der Waals surface area contributed by atoms with Crippen molar-refractivity contribution in [3.05, 3.63) is 71.8 Å². The van der Waals surface area contributed by atoms with Gasteiger partial charge in [-0.05, 0) is 50.2 Å². The first-order chi connectivity index (χ1) is 13.5. The minimum Gasteiger partial charge on any atom is -0.327 e. The van der Waals surface area contributed by atoms with Crippen LogP contribution in [-0.4, -0.2) is 24.9 Å². The lowest BCUT2D eigenvalue weighted by Gasteiger charge is -2.10. The fraction of sp³-hybridized carbons (Fsp3) is 0.190. The van der Waals surface area contributed by atoms with E-state index in [1.54, 1.807) is 29.1 Å². The fourth-order valence-corrected chi connectivity index (χ4v) is 3.37. The van der Waals surface area contributed by atoms with E-state index in [1.165, 1.54) is 6.92 Å². The number of carbonyl (C=O) groups is 1. The summed E-state index contributed by atoms with van der Waals surface area (Å²) in [7, 11) is 0. The van der Waals surface area contributed by atoms with Crippen LogP contribution in [0.25, 0.3) is 22.4 Å². The Morgan fingerprint density at radius 3 is 2.71 bits per heavy atom. The van der Waals surface area contributed by atoms with Crippen molar-refractivity contribution in [2.75, 3.05) is 0 Å². The summed E-state index contributed by atoms with van der Waals surface area (Å²) in [4.78, 5) is 20.5. The Balaban J connectivity index is 1.78. The van der Waals surface area contributed by atoms with Crippen LogP contribution < -0.4 is 0 Å². The second-order valence-corrected chi connectivity index (χ2v) is 6.53. The summed E-state index contributed by atoms with van der Waals surface area (Å²) in [6.45, 7) is 4.54. The number of aromatic nitrogens is 4. The zero-order valence-corrected chi connectivity index (χ0v) is 15.5. The summed E-state index contributed by atoms with van der Waals surface area (Å²) < 4.78 is 31.6. The highest BCUT2D eigenvalue weighted by Gasteiger charge is 2.16. The number of halogens is 2. The van der Waals surface area contributed by atoms with Crippen LogP contribution in [0.4, 0.5) is 8.78 Å². The second kappa shape index (κ2) is 6.99. The Bertz CT molecular complexity index is 1190. The summed E-state index contributed by atoms with van der Waals surface area (Å²) in [5.74, 6) is -0.00850. The Hall–Kier alpha value is -3.35. The third kappa shape index (κ3) is 3.09. The molecule has 0 unspecified atom stereocenters. The van der Waals surface area contributed by atoms with Crippen LogP contribution in [0.5, 0.6) is 0 Å². The van der Waals surface area contributed by atoms with Gasteiger partial charge in [-0.1, -0.05) is 0 Å². The Morgan fingerprint density at radius 2 is 1.96 bits per heavy atom. The molecule has 7 heteroatoms. The van der Waals surface area contributed by atoms with Gasteiger partial charge in [-0.2, -0.15) is 0 Å². The van der Waals surface area contributed by atoms with Crippen molar-refractivity contribution in [3.8, 4) is 11.4 Å². The molecule has 142 valence electrons. The molecule has 0 radical (unpaired) electrons. The highest BCUT2D eigenvalue weighted by molar-refractivity contribution is 5.97. The average Bonchev–Trinajstić information content (AvgIpc) is 3.27. The minimum atomic E-state index is -0.538. The predicted octanol–water partition coefficient (Wildman–Crippen LogP) is 4.45. The topological polar surface area (TPSA) is 52.7 Å². The predicted molar refractivity (Wildman–Crippen MR) is 102 cm³/mol. The summed E-state index contributed by atoms with van der Waals surface area (Å²) in [5.41, 5.74) is 2.34. The van der Waals surface area contributed by atoms with Crippen LogP contribution in [0.15, 0.2) is 48.8 Å². The lowest BCUT2D eigenvalue weighted by molar-refractivity contribution is 0.101. The molecular formula is C21H18F2N4O. The molecule has 28 heavy (non-hydrogen) atoms. The van der Waals surface area contributed by atoms with Crippen molar-refractivity contribution >= 4 is 16.8 Å². The van der Waals surface area contributed by atoms with Gasteiger partial charge in [-0.25, -0.2) is 18.7 Å². The van der Waals surface area contributed by atoms with E-state index in [2.05, 4.69) is 9.97 Å². The second-order valence-electron chi connectivity index (χ2n) is 6.53. The standard InChI is InChI=1S/C21H18F2N4O/c1-3-27-19-7-4-14(13(2)28)10-18(19)25-20(27)12-26-9-8-24-21(26)16-11-15(22)5-6-17(16)23/h4-11H,3,12H2,1-2H3. The molecule has 0 fully saturated rings. The molecule has 0 aliphatic heterocycles. The third-order valence-electron chi connectivity index (χ3n) is 4.75. The number of carbonyl (C=O) groups excluding carboxylic acids is 1. The summed E-state index contributed by atoms with van der Waals surface area (Å²) in [6, 6.07) is 8.74. The van der Waals surface area contributed by atoms with Gasteiger partial charge in [0.25, 0.3) is 0 Å². The maximum absolute atomic E-state index is 14.2. The largest absolute Gasteiger partial charge is 0.327 e. The third-order valence-corrected chi connectivity index (χ3v) is 4.75. The molecule has 4 rings (SSSR count). The molecule has 2 aromatic heterocycles. The van der Waals surface area contributed by atoms with Gasteiger partial charge < -0.3 is 9.13 Å². The van der Waals surface area contributed by atoms with Gasteiger partial charge in [0.05, 0.1) is 23.1 Å². The molecule has 0 N–H and O–H groups in total. The van der Waals surface area contributed by atoms with E-state index in [0.717, 1.165) is 35.1 Å². The lowest BCUT2D eigenvalue weighted by atomic mass is 10.1. The van der Waals surface area contributed by atoms with Crippen molar-refractivity contribution in [2.45, 2.75) is 26.9 Å². The maximum atomic E-state index is 14.2. The van der Waals surface area contributed by atoms with E-state index in [9.17, 15) is 13.6 Å². The molecular weight excluding hydrogens is 362 g/mol. The summed E-state index contributed by atoms with van der Waals surface area (Å²) in [6.07, 6.45) is 3.26. The molecule has 0 saturated heterocycles. The number of fused-ring (bicyclic) bond motifs is 1. The number of Topliss-reactive ketones (excluding diaryl/α,β-unsaturated/α-hetero) is 1. The first-order valence-corrected chi connectivity index (χ1v) is 8.94. The van der Waals surface area contributed by atoms with Crippen molar-refractivity contribution in [2.24, 2.45) is 0 Å². The van der Waals surface area contributed by atoms with E-state index < -0.39 is 11.6 Å². The van der Waals surface area contributed by atoms with Gasteiger partial charge in [0.2, 0.25) is 0 Å². The number of nitrogens with zero attached hydrogens (tertiary/aromatic N) is 4. The normalized spacial score (nSPS) is 11.3. The number of rotatable bonds is 5. The lowest BCUT2D eigenvalue weighted by Crippen LogP contribution is -2.09. The van der Waals surface area contributed by atoms with Gasteiger partial charge in [-0.15, -0.1) is 0 Å². The molecule has 5 nitrogen and oxygen atoms in total. The van der Waals surface area contributed by atoms with Gasteiger partial charge >= 0.3 is 0 Å². The monoisotopic (exact) mass is 380 g/mol. The maximum Gasteiger partial charge on any atom is 0.159 e. The molecule has 0 aliphatic rings. The zero-order valence-electron chi connectivity index (χ0n) is 15.5. The molecule has 0 atom stereocenters. The van der Waals surface area contributed by atoms with Gasteiger partial charge in [0, 0.05) is 24.5 Å². The summed E-state index contributed by atoms with van der Waals surface area (Å²) >= 11 is 0. The first kappa shape index (κ1) is 18.0. The van der Waals surface area contributed by atoms with E-state index in [-0.39, 0.29) is 11.3 Å². The Kier molecular flexibility index (Phi) is 4.50. The smallest absolute Gasteiger partial charge is 0.159 e. The molecule has 0 spiro atoms. The quantitative estimate of drug-likeness (QED) is 0.481. The van der Waals surface area contributed by atoms with Gasteiger partial charge in [-0.3, -0.25) is 4.79 Å². The van der Waals surface area contributed by atoms with Gasteiger partial charge in [0.1, 0.15) is 23.3 Å². The molecule has 0 aliphatic carbocycles. The van der Waals surface area contributed by atoms with Crippen LogP contribution in [-0.2, 0) is 13.1 Å². The van der Waals surface area contributed by atoms with E-state index in [4.69, 9.17) is 0 Å². The van der Waals surface area contributed by atoms with E-state index >= 15 is 0 Å². The Labute approximate surface area is 160 Å². The summed E-state index contributed by atoms with van der Waals surface area (Å²) in [5, 5.41) is 0. The van der Waals surface area contributed by atoms with Crippen molar-refractivity contribution < 1.29 is 13.6 Å². The first-order valence-electron chi connectivity index (χ1n) is 8.94. The molecule has 0 bridgehead atoms. The number of hydrogen-bond donors (Lipinski definition) is 0. The fourth-order valence-electron chi connectivity index (χ4n) is 3.37. The average molecular weight is 380 g/mol. The van der Waals surface area contributed by atoms with Crippen molar-refractivity contribution in [1.29, 1.82) is 0 Å². The van der Waals surface area contributed by atoms with Crippen molar-refractivity contribution in [1.82, 2.24) is 19.1 Å². The van der Waals surface area contributed by atoms with Crippen LogP contribution >= 0.6 is 0 Å². The highest BCUT2D eigenvalue weighted by Crippen LogP contribution is 2.24. The zero-order chi connectivity index (χ0) is 19.8. The molecule has 2 heterocycles. The number of benzene rings is 2. The number of hydrogen-bond acceptors (Lipinski definition) is 3. The SMILES string of the molecule is CCn1c(Cn2ccnc2-c2cc(F)ccc2F)nc2cc(C(C)=O)ccc21. The number of imidazole rings is 2. The van der Waals surface area contributed by atoms with Crippen LogP contribution in [0.3, 0.4) is 0 Å². The van der Waals surface area contributed by atoms with E-state index in [1.807, 2.05) is 17.6 Å². The molecule has 0 amide bonds. The van der Waals surface area contributed by atoms with Gasteiger partial charge in [0.15, 0.2) is 5.78 Å². The molecule has 4 aromatic rings. The van der Waals surface area contributed by atoms with Crippen LogP contribution in [0.1, 0.15) is 30.0 Å². The van der Waals surface area contributed by atoms with Crippen LogP contribution in [0.2, 0.25) is 0 Å². The number of aryl methyl sites for hydroxylation is 1. The van der Waals surface area contributed by atoms with Crippen LogP contribution in [0, 0.1) is 11.6 Å². The minimum absolute atomic E-state index is 0.0204. The molecule has 2 aromatic carbocycles.